The molecule has 1 aromatic carbocycles. The number of fused-ring (bicyclic) bond motifs is 1. The van der Waals surface area contributed by atoms with E-state index >= 15 is 0 Å². The average molecular weight is 421 g/mol. The van der Waals surface area contributed by atoms with Gasteiger partial charge >= 0.3 is 0 Å². The highest BCUT2D eigenvalue weighted by Crippen LogP contribution is 2.39. The monoisotopic (exact) mass is 420 g/mol. The van der Waals surface area contributed by atoms with Crippen molar-refractivity contribution in [1.82, 2.24) is 0 Å². The standard InChI is InChI=1S/C20H24N2O4S2/c1-13-7-8-15-16(11-13)27-20(18(15)19(21)24)22-17(23)9-10-28(25,26)12-14-5-3-2-4-6-14/h2-6,13H,7-12H2,1H3,(H2,21,24)(H,22,23)/t13-/m0/s1. The van der Waals surface area contributed by atoms with Crippen molar-refractivity contribution in [3.63, 3.8) is 0 Å². The van der Waals surface area contributed by atoms with Gasteiger partial charge in [0.15, 0.2) is 9.84 Å². The summed E-state index contributed by atoms with van der Waals surface area (Å²) in [7, 11) is -3.41. The fourth-order valence-electron chi connectivity index (χ4n) is 3.44. The third-order valence-electron chi connectivity index (χ3n) is 4.88. The third-order valence-corrected chi connectivity index (χ3v) is 7.65. The van der Waals surface area contributed by atoms with E-state index in [1.165, 1.54) is 11.3 Å². The molecule has 0 saturated carbocycles. The van der Waals surface area contributed by atoms with Crippen molar-refractivity contribution in [2.75, 3.05) is 11.1 Å². The minimum absolute atomic E-state index is 0.0984. The topological polar surface area (TPSA) is 106 Å². The Morgan fingerprint density at radius 2 is 1.96 bits per heavy atom. The van der Waals surface area contributed by atoms with Crippen molar-refractivity contribution in [3.05, 3.63) is 51.9 Å². The number of carbonyl (C=O) groups is 2. The second kappa shape index (κ2) is 8.45. The van der Waals surface area contributed by atoms with Gasteiger partial charge in [-0.05, 0) is 36.3 Å². The zero-order chi connectivity index (χ0) is 20.3. The molecular formula is C20H24N2O4S2. The third kappa shape index (κ3) is 4.99. The summed E-state index contributed by atoms with van der Waals surface area (Å²) < 4.78 is 24.6. The van der Waals surface area contributed by atoms with E-state index in [0.29, 0.717) is 22.0 Å². The van der Waals surface area contributed by atoms with Crippen LogP contribution in [-0.4, -0.2) is 26.0 Å². The maximum atomic E-state index is 12.3. The molecule has 8 heteroatoms. The summed E-state index contributed by atoms with van der Waals surface area (Å²) in [5.41, 5.74) is 7.55. The number of nitrogens with one attached hydrogen (secondary N) is 1. The molecule has 0 saturated heterocycles. The van der Waals surface area contributed by atoms with Crippen LogP contribution in [0.4, 0.5) is 5.00 Å². The van der Waals surface area contributed by atoms with Gasteiger partial charge in [-0.1, -0.05) is 37.3 Å². The Labute approximate surface area is 169 Å². The van der Waals surface area contributed by atoms with E-state index in [2.05, 4.69) is 12.2 Å². The van der Waals surface area contributed by atoms with Gasteiger partial charge in [-0.25, -0.2) is 8.42 Å². The number of hydrogen-bond donors (Lipinski definition) is 2. The predicted octanol–water partition coefficient (Wildman–Crippen LogP) is 2.92. The average Bonchev–Trinajstić information content (AvgIpc) is 2.97. The summed E-state index contributed by atoms with van der Waals surface area (Å²) in [5, 5.41) is 3.16. The van der Waals surface area contributed by atoms with Crippen LogP contribution < -0.4 is 11.1 Å². The summed E-state index contributed by atoms with van der Waals surface area (Å²) in [5.74, 6) is -0.802. The van der Waals surface area contributed by atoms with Crippen LogP contribution in [-0.2, 0) is 33.2 Å². The molecule has 0 unspecified atom stereocenters. The van der Waals surface area contributed by atoms with Gasteiger partial charge in [0.1, 0.15) is 5.00 Å². The Kier molecular flexibility index (Phi) is 6.20. The molecule has 1 heterocycles. The number of sulfone groups is 1. The molecule has 3 N–H and O–H groups in total. The van der Waals surface area contributed by atoms with E-state index in [9.17, 15) is 18.0 Å². The fraction of sp³-hybridized carbons (Fsp3) is 0.400. The molecule has 1 aliphatic rings. The van der Waals surface area contributed by atoms with Gasteiger partial charge in [0.05, 0.1) is 17.1 Å². The van der Waals surface area contributed by atoms with Crippen molar-refractivity contribution in [3.8, 4) is 0 Å². The van der Waals surface area contributed by atoms with E-state index in [0.717, 1.165) is 29.7 Å². The summed E-state index contributed by atoms with van der Waals surface area (Å²) >= 11 is 1.38. The molecule has 6 nitrogen and oxygen atoms in total. The second-order valence-electron chi connectivity index (χ2n) is 7.30. The number of rotatable bonds is 7. The Hall–Kier alpha value is -2.19. The molecule has 28 heavy (non-hydrogen) atoms. The molecule has 0 spiro atoms. The quantitative estimate of drug-likeness (QED) is 0.718. The molecule has 2 aromatic rings. The van der Waals surface area contributed by atoms with Gasteiger partial charge in [-0.15, -0.1) is 11.3 Å². The number of amides is 2. The Balaban J connectivity index is 1.66. The normalized spacial score (nSPS) is 16.4. The van der Waals surface area contributed by atoms with Crippen molar-refractivity contribution in [2.45, 2.75) is 38.4 Å². The Morgan fingerprint density at radius 1 is 1.25 bits per heavy atom. The minimum Gasteiger partial charge on any atom is -0.365 e. The molecule has 1 aromatic heterocycles. The SMILES string of the molecule is C[C@H]1CCc2c(sc(NC(=O)CCS(=O)(=O)Cc3ccccc3)c2C(N)=O)C1. The molecule has 3 rings (SSSR count). The van der Waals surface area contributed by atoms with E-state index in [-0.39, 0.29) is 17.9 Å². The highest BCUT2D eigenvalue weighted by atomic mass is 32.2. The van der Waals surface area contributed by atoms with Gasteiger partial charge in [0, 0.05) is 11.3 Å². The number of thiophene rings is 1. The molecule has 1 aliphatic carbocycles. The lowest BCUT2D eigenvalue weighted by molar-refractivity contribution is -0.115. The van der Waals surface area contributed by atoms with Crippen LogP contribution in [0.25, 0.3) is 0 Å². The van der Waals surface area contributed by atoms with Crippen molar-refractivity contribution in [1.29, 1.82) is 0 Å². The maximum Gasteiger partial charge on any atom is 0.251 e. The molecule has 1 atom stereocenters. The molecule has 0 radical (unpaired) electrons. The van der Waals surface area contributed by atoms with Gasteiger partial charge < -0.3 is 11.1 Å². The van der Waals surface area contributed by atoms with Gasteiger partial charge in [-0.2, -0.15) is 0 Å². The molecule has 2 amide bonds. The minimum atomic E-state index is -3.41. The van der Waals surface area contributed by atoms with Crippen molar-refractivity contribution in [2.24, 2.45) is 11.7 Å². The van der Waals surface area contributed by atoms with Crippen LogP contribution in [0.3, 0.4) is 0 Å². The van der Waals surface area contributed by atoms with Gasteiger partial charge in [0.2, 0.25) is 5.91 Å². The number of hydrogen-bond acceptors (Lipinski definition) is 5. The van der Waals surface area contributed by atoms with E-state index in [1.54, 1.807) is 24.3 Å². The Morgan fingerprint density at radius 3 is 2.64 bits per heavy atom. The van der Waals surface area contributed by atoms with E-state index in [1.807, 2.05) is 6.07 Å². The smallest absolute Gasteiger partial charge is 0.251 e. The fourth-order valence-corrected chi connectivity index (χ4v) is 6.21. The van der Waals surface area contributed by atoms with Crippen LogP contribution in [0, 0.1) is 5.92 Å². The number of anilines is 1. The Bertz CT molecular complexity index is 981. The van der Waals surface area contributed by atoms with E-state index in [4.69, 9.17) is 5.73 Å². The van der Waals surface area contributed by atoms with Crippen molar-refractivity contribution < 1.29 is 18.0 Å². The summed E-state index contributed by atoms with van der Waals surface area (Å²) in [6.45, 7) is 2.16. The number of benzene rings is 1. The molecule has 0 aliphatic heterocycles. The lowest BCUT2D eigenvalue weighted by atomic mass is 9.88. The highest BCUT2D eigenvalue weighted by molar-refractivity contribution is 7.90. The first kappa shape index (κ1) is 20.5. The van der Waals surface area contributed by atoms with Crippen molar-refractivity contribution >= 4 is 38.0 Å². The maximum absolute atomic E-state index is 12.3. The van der Waals surface area contributed by atoms with Crippen LogP contribution in [0.2, 0.25) is 0 Å². The lowest BCUT2D eigenvalue weighted by Gasteiger charge is -2.18. The zero-order valence-electron chi connectivity index (χ0n) is 15.7. The molecular weight excluding hydrogens is 396 g/mol. The van der Waals surface area contributed by atoms with Gasteiger partial charge in [-0.3, -0.25) is 9.59 Å². The number of carbonyl (C=O) groups excluding carboxylic acids is 2. The van der Waals surface area contributed by atoms with Gasteiger partial charge in [0.25, 0.3) is 5.91 Å². The van der Waals surface area contributed by atoms with E-state index < -0.39 is 21.7 Å². The van der Waals surface area contributed by atoms with Crippen LogP contribution in [0.1, 0.15) is 46.1 Å². The molecule has 150 valence electrons. The van der Waals surface area contributed by atoms with Crippen LogP contribution in [0.5, 0.6) is 0 Å². The first-order chi connectivity index (χ1) is 13.2. The predicted molar refractivity (Wildman–Crippen MR) is 111 cm³/mol. The summed E-state index contributed by atoms with van der Waals surface area (Å²) in [6.07, 6.45) is 2.45. The largest absolute Gasteiger partial charge is 0.365 e. The number of nitrogens with two attached hydrogens (primary N) is 1. The van der Waals surface area contributed by atoms with Crippen LogP contribution >= 0.6 is 11.3 Å². The summed E-state index contributed by atoms with van der Waals surface area (Å²) in [6, 6.07) is 8.87. The lowest BCUT2D eigenvalue weighted by Crippen LogP contribution is -2.21. The molecule has 0 bridgehead atoms. The zero-order valence-corrected chi connectivity index (χ0v) is 17.4. The highest BCUT2D eigenvalue weighted by Gasteiger charge is 2.27. The van der Waals surface area contributed by atoms with Crippen LogP contribution in [0.15, 0.2) is 30.3 Å². The molecule has 0 fully saturated rings. The second-order valence-corrected chi connectivity index (χ2v) is 10.6. The first-order valence-electron chi connectivity index (χ1n) is 9.23. The number of primary amides is 1. The first-order valence-corrected chi connectivity index (χ1v) is 11.9. The summed E-state index contributed by atoms with van der Waals surface area (Å²) in [4.78, 5) is 25.3.